The molecule has 0 aliphatic carbocycles. The summed E-state index contributed by atoms with van der Waals surface area (Å²) >= 11 is 1.49. The van der Waals surface area contributed by atoms with Crippen LogP contribution in [0.5, 0.6) is 0 Å². The first-order valence-electron chi connectivity index (χ1n) is 10.2. The number of nitrogens with zero attached hydrogens (tertiary/aromatic N) is 5. The Bertz CT molecular complexity index is 836. The van der Waals surface area contributed by atoms with Crippen molar-refractivity contribution in [2.75, 3.05) is 45.6 Å². The van der Waals surface area contributed by atoms with E-state index in [9.17, 15) is 19.5 Å². The van der Waals surface area contributed by atoms with Crippen molar-refractivity contribution < 1.29 is 24.2 Å². The lowest BCUT2D eigenvalue weighted by Crippen LogP contribution is -2.62. The number of thioether (sulfide) groups is 1. The van der Waals surface area contributed by atoms with Crippen molar-refractivity contribution in [2.24, 2.45) is 0 Å². The summed E-state index contributed by atoms with van der Waals surface area (Å²) in [5.41, 5.74) is 0.849. The highest BCUT2D eigenvalue weighted by atomic mass is 32.2. The summed E-state index contributed by atoms with van der Waals surface area (Å²) in [6.07, 6.45) is 0.476. The second kappa shape index (κ2) is 9.45. The van der Waals surface area contributed by atoms with Gasteiger partial charge in [-0.05, 0) is 20.8 Å². The van der Waals surface area contributed by atoms with E-state index in [0.29, 0.717) is 50.9 Å². The standard InChI is InChI=1S/C19H30N6O5S/c1-13-20-11-14-12-24(18(29)25(13)14)23-7-5-22(6-8-23)16(26)15(21-17(27)28)19(2,3)31-10-9-30-4/h11,15,21H,5-10,12H2,1-4H3,(H,27,28)/t15-/m0/s1. The molecule has 11 nitrogen and oxygen atoms in total. The molecule has 1 aromatic heterocycles. The van der Waals surface area contributed by atoms with Crippen LogP contribution in [0, 0.1) is 6.92 Å². The van der Waals surface area contributed by atoms with Crippen molar-refractivity contribution in [3.8, 4) is 0 Å². The molecule has 3 amide bonds. The first-order valence-corrected chi connectivity index (χ1v) is 11.2. The highest BCUT2D eigenvalue weighted by Crippen LogP contribution is 2.30. The quantitative estimate of drug-likeness (QED) is 0.554. The second-order valence-corrected chi connectivity index (χ2v) is 9.83. The number of aryl methyl sites for hydroxylation is 1. The Morgan fingerprint density at radius 1 is 1.32 bits per heavy atom. The predicted molar refractivity (Wildman–Crippen MR) is 115 cm³/mol. The number of ether oxygens (including phenoxy) is 1. The van der Waals surface area contributed by atoms with Crippen LogP contribution in [0.3, 0.4) is 0 Å². The smallest absolute Gasteiger partial charge is 0.405 e. The summed E-state index contributed by atoms with van der Waals surface area (Å²) in [5, 5.41) is 15.3. The molecule has 0 unspecified atom stereocenters. The largest absolute Gasteiger partial charge is 0.465 e. The van der Waals surface area contributed by atoms with E-state index in [0.717, 1.165) is 5.69 Å². The number of nitrogens with one attached hydrogen (secondary N) is 1. The lowest BCUT2D eigenvalue weighted by Gasteiger charge is -2.42. The number of fused-ring (bicyclic) bond motifs is 1. The van der Waals surface area contributed by atoms with Gasteiger partial charge >= 0.3 is 12.1 Å². The van der Waals surface area contributed by atoms with Crippen LogP contribution in [-0.2, 0) is 16.1 Å². The molecule has 12 heteroatoms. The lowest BCUT2D eigenvalue weighted by atomic mass is 10.0. The molecule has 1 saturated heterocycles. The summed E-state index contributed by atoms with van der Waals surface area (Å²) in [6, 6.07) is -1.02. The third-order valence-corrected chi connectivity index (χ3v) is 6.97. The number of carbonyl (C=O) groups excluding carboxylic acids is 2. The normalized spacial score (nSPS) is 18.3. The van der Waals surface area contributed by atoms with E-state index >= 15 is 0 Å². The molecular weight excluding hydrogens is 424 g/mol. The highest BCUT2D eigenvalue weighted by Gasteiger charge is 2.41. The van der Waals surface area contributed by atoms with Crippen molar-refractivity contribution >= 4 is 29.8 Å². The van der Waals surface area contributed by atoms with Gasteiger partial charge in [0.2, 0.25) is 5.91 Å². The fraction of sp³-hybridized carbons (Fsp3) is 0.684. The second-order valence-electron chi connectivity index (χ2n) is 8.08. The molecule has 0 aromatic carbocycles. The van der Waals surface area contributed by atoms with Gasteiger partial charge in [-0.25, -0.2) is 24.1 Å². The van der Waals surface area contributed by atoms with Crippen molar-refractivity contribution in [1.29, 1.82) is 0 Å². The zero-order chi connectivity index (χ0) is 22.8. The van der Waals surface area contributed by atoms with Gasteiger partial charge < -0.3 is 20.1 Å². The number of methoxy groups -OCH3 is 1. The number of amides is 3. The van der Waals surface area contributed by atoms with Gasteiger partial charge in [0, 0.05) is 43.8 Å². The molecule has 0 spiro atoms. The number of rotatable bonds is 8. The van der Waals surface area contributed by atoms with Gasteiger partial charge in [0.05, 0.1) is 25.0 Å². The Balaban J connectivity index is 1.62. The summed E-state index contributed by atoms with van der Waals surface area (Å²) in [4.78, 5) is 43.2. The number of carbonyl (C=O) groups is 3. The molecule has 31 heavy (non-hydrogen) atoms. The van der Waals surface area contributed by atoms with Gasteiger partial charge in [0.1, 0.15) is 11.9 Å². The molecule has 0 bridgehead atoms. The number of imidazole rings is 1. The van der Waals surface area contributed by atoms with Crippen LogP contribution in [0.25, 0.3) is 0 Å². The molecule has 3 rings (SSSR count). The lowest BCUT2D eigenvalue weighted by molar-refractivity contribution is -0.138. The van der Waals surface area contributed by atoms with Gasteiger partial charge in [-0.3, -0.25) is 9.80 Å². The van der Waals surface area contributed by atoms with Crippen LogP contribution in [0.4, 0.5) is 9.59 Å². The molecular formula is C19H30N6O5S. The van der Waals surface area contributed by atoms with Crippen LogP contribution >= 0.6 is 11.8 Å². The number of hydrogen-bond acceptors (Lipinski definition) is 7. The number of hydrogen-bond donors (Lipinski definition) is 2. The Morgan fingerprint density at radius 3 is 2.58 bits per heavy atom. The predicted octanol–water partition coefficient (Wildman–Crippen LogP) is 0.829. The molecule has 2 aliphatic heterocycles. The van der Waals surface area contributed by atoms with Crippen LogP contribution in [-0.4, -0.2) is 104 Å². The fourth-order valence-electron chi connectivity index (χ4n) is 3.89. The van der Waals surface area contributed by atoms with Crippen LogP contribution in [0.2, 0.25) is 0 Å². The fourth-order valence-corrected chi connectivity index (χ4v) is 4.99. The molecule has 3 heterocycles. The molecule has 1 fully saturated rings. The maximum Gasteiger partial charge on any atom is 0.405 e. The molecule has 2 N–H and O–H groups in total. The summed E-state index contributed by atoms with van der Waals surface area (Å²) in [5.74, 6) is 1.05. The van der Waals surface area contributed by atoms with E-state index in [4.69, 9.17) is 4.74 Å². The first-order chi connectivity index (χ1) is 14.7. The van der Waals surface area contributed by atoms with E-state index in [1.165, 1.54) is 11.8 Å². The Hall–Kier alpha value is -2.31. The van der Waals surface area contributed by atoms with Gasteiger partial charge in [-0.15, -0.1) is 0 Å². The minimum absolute atomic E-state index is 0.133. The van der Waals surface area contributed by atoms with Gasteiger partial charge in [0.25, 0.3) is 0 Å². The maximum atomic E-state index is 13.2. The molecule has 1 atom stereocenters. The first kappa shape index (κ1) is 23.4. The third kappa shape index (κ3) is 4.96. The number of carboxylic acid groups (broad SMARTS) is 1. The third-order valence-electron chi connectivity index (χ3n) is 5.62. The summed E-state index contributed by atoms with van der Waals surface area (Å²) in [7, 11) is 1.60. The number of hydrazine groups is 1. The molecule has 0 radical (unpaired) electrons. The van der Waals surface area contributed by atoms with E-state index in [-0.39, 0.29) is 11.9 Å². The Kier molecular flexibility index (Phi) is 7.12. The Morgan fingerprint density at radius 2 is 2.00 bits per heavy atom. The molecule has 1 aromatic rings. The van der Waals surface area contributed by atoms with Crippen LogP contribution < -0.4 is 5.32 Å². The Labute approximate surface area is 185 Å². The van der Waals surface area contributed by atoms with Crippen LogP contribution in [0.15, 0.2) is 6.20 Å². The number of piperazine rings is 1. The van der Waals surface area contributed by atoms with Crippen molar-refractivity contribution in [1.82, 2.24) is 29.8 Å². The topological polar surface area (TPSA) is 120 Å². The molecule has 172 valence electrons. The van der Waals surface area contributed by atoms with Gasteiger partial charge in [-0.1, -0.05) is 0 Å². The van der Waals surface area contributed by atoms with E-state index < -0.39 is 16.9 Å². The van der Waals surface area contributed by atoms with Gasteiger partial charge in [-0.2, -0.15) is 11.8 Å². The van der Waals surface area contributed by atoms with E-state index in [1.54, 1.807) is 34.7 Å². The minimum Gasteiger partial charge on any atom is -0.465 e. The zero-order valence-corrected chi connectivity index (χ0v) is 19.1. The maximum absolute atomic E-state index is 13.2. The molecule has 2 aliphatic rings. The summed E-state index contributed by atoms with van der Waals surface area (Å²) < 4.78 is 6.03. The van der Waals surface area contributed by atoms with E-state index in [2.05, 4.69) is 10.3 Å². The van der Waals surface area contributed by atoms with E-state index in [1.807, 2.05) is 18.9 Å². The van der Waals surface area contributed by atoms with Crippen molar-refractivity contribution in [3.05, 3.63) is 17.7 Å². The number of aromatic nitrogens is 2. The highest BCUT2D eigenvalue weighted by molar-refractivity contribution is 8.00. The zero-order valence-electron chi connectivity index (χ0n) is 18.3. The minimum atomic E-state index is -1.23. The molecule has 0 saturated carbocycles. The summed E-state index contributed by atoms with van der Waals surface area (Å²) in [6.45, 7) is 8.28. The average molecular weight is 455 g/mol. The van der Waals surface area contributed by atoms with Crippen molar-refractivity contribution in [3.63, 3.8) is 0 Å². The van der Waals surface area contributed by atoms with Crippen molar-refractivity contribution in [2.45, 2.75) is 38.1 Å². The SMILES string of the molecule is COCCSC(C)(C)[C@@H](NC(=O)O)C(=O)N1CCN(N2Cc3cnc(C)n3C2=O)CC1. The monoisotopic (exact) mass is 454 g/mol. The van der Waals surface area contributed by atoms with Gasteiger partial charge in [0.15, 0.2) is 0 Å². The van der Waals surface area contributed by atoms with Crippen LogP contribution in [0.1, 0.15) is 25.4 Å². The average Bonchev–Trinajstić information content (AvgIpc) is 3.25.